The summed E-state index contributed by atoms with van der Waals surface area (Å²) in [7, 11) is 1.26. The number of unbranched alkanes of at least 4 members (excludes halogenated alkanes) is 1. The van der Waals surface area contributed by atoms with Gasteiger partial charge < -0.3 is 37.3 Å². The number of amides is 2. The van der Waals surface area contributed by atoms with E-state index in [0.717, 1.165) is 32.7 Å². The monoisotopic (exact) mass is 676 g/mol. The van der Waals surface area contributed by atoms with Crippen LogP contribution in [0.15, 0.2) is 84.9 Å². The highest BCUT2D eigenvalue weighted by Crippen LogP contribution is 2.45. The number of fused-ring (bicyclic) bond motifs is 7. The van der Waals surface area contributed by atoms with Crippen LogP contribution in [0.5, 0.6) is 11.5 Å². The van der Waals surface area contributed by atoms with Crippen LogP contribution in [0.2, 0.25) is 0 Å². The fourth-order valence-corrected chi connectivity index (χ4v) is 5.68. The number of guanidine groups is 1. The summed E-state index contributed by atoms with van der Waals surface area (Å²) in [5, 5.41) is 9.46. The average Bonchev–Trinajstić information content (AvgIpc) is 3.08. The molecule has 2 atom stereocenters. The molecule has 0 saturated carbocycles. The average molecular weight is 677 g/mol. The highest BCUT2D eigenvalue weighted by Gasteiger charge is 2.27. The number of benzene rings is 4. The van der Waals surface area contributed by atoms with Gasteiger partial charge in [0.1, 0.15) is 30.2 Å². The van der Waals surface area contributed by atoms with Crippen molar-refractivity contribution in [1.29, 1.82) is 0 Å². The molecule has 0 aromatic heterocycles. The van der Waals surface area contributed by atoms with E-state index in [2.05, 4.69) is 15.6 Å². The minimum atomic E-state index is -0.963. The largest absolute Gasteiger partial charge is 1.00 e. The van der Waals surface area contributed by atoms with Gasteiger partial charge in [0, 0.05) is 12.6 Å². The molecule has 5 rings (SSSR count). The van der Waals surface area contributed by atoms with Crippen LogP contribution in [0.3, 0.4) is 0 Å². The molecule has 1 heterocycles. The van der Waals surface area contributed by atoms with Crippen LogP contribution in [0.1, 0.15) is 27.1 Å². The van der Waals surface area contributed by atoms with Crippen LogP contribution in [-0.4, -0.2) is 62.7 Å². The van der Waals surface area contributed by atoms with Crippen molar-refractivity contribution >= 4 is 45.3 Å². The maximum atomic E-state index is 13.4. The Balaban J connectivity index is 0.00000325. The molecule has 12 heteroatoms. The van der Waals surface area contributed by atoms with Crippen LogP contribution in [0.25, 0.3) is 32.7 Å². The van der Waals surface area contributed by atoms with Gasteiger partial charge in [-0.1, -0.05) is 72.8 Å². The summed E-state index contributed by atoms with van der Waals surface area (Å²) in [6, 6.07) is 21.8. The number of halogens is 1. The molecule has 4 aromatic rings. The first-order valence-corrected chi connectivity index (χ1v) is 15.6. The van der Waals surface area contributed by atoms with Gasteiger partial charge in [-0.15, -0.1) is 0 Å². The van der Waals surface area contributed by atoms with E-state index in [1.807, 2.05) is 72.8 Å². The van der Waals surface area contributed by atoms with Gasteiger partial charge in [0.15, 0.2) is 6.61 Å². The van der Waals surface area contributed by atoms with E-state index in [1.54, 1.807) is 12.2 Å². The van der Waals surface area contributed by atoms with Crippen molar-refractivity contribution in [3.05, 3.63) is 84.9 Å². The topological polar surface area (TPSA) is 169 Å². The van der Waals surface area contributed by atoms with E-state index in [4.69, 9.17) is 25.7 Å². The van der Waals surface area contributed by atoms with Crippen molar-refractivity contribution < 1.29 is 47.4 Å². The Hall–Kier alpha value is -5.29. The van der Waals surface area contributed by atoms with E-state index in [1.165, 1.54) is 7.11 Å². The minimum Gasteiger partial charge on any atom is -1.00 e. The summed E-state index contributed by atoms with van der Waals surface area (Å²) in [6.07, 6.45) is 5.25. The summed E-state index contributed by atoms with van der Waals surface area (Å²) in [6.45, 7) is 0.361. The first-order valence-electron chi connectivity index (χ1n) is 15.6. The molecule has 0 aliphatic carbocycles. The van der Waals surface area contributed by atoms with E-state index in [0.29, 0.717) is 37.3 Å². The Morgan fingerprint density at radius 3 is 2.12 bits per heavy atom. The Morgan fingerprint density at radius 2 is 1.50 bits per heavy atom. The minimum absolute atomic E-state index is 0. The fraction of sp³-hybridized carbons (Fsp3) is 0.278. The van der Waals surface area contributed by atoms with Gasteiger partial charge in [-0.3, -0.25) is 26.0 Å². The molecule has 48 heavy (non-hydrogen) atoms. The zero-order valence-corrected chi connectivity index (χ0v) is 27.4. The molecule has 4 aromatic carbocycles. The maximum Gasteiger partial charge on any atom is 0.338 e. The lowest BCUT2D eigenvalue weighted by atomic mass is 9.92. The highest BCUT2D eigenvalue weighted by atomic mass is 35.5. The standard InChI is InChI=1S/C36H39N5O6.ClH.H2/c1-45-35(44)28-15-7-9-21-46-29-18-16-23-10-2-4-12-25(23)32(29)33-26-13-5-3-11-24(26)17-19-30(33)47-22-31(42)40-27(34(43)41-28)14-6-8-20-39-36(37)38;;/h2-5,7,9-13,16-19,27-28H,6,8,14-15,20-22H2,1H3,(H,40,42)(H,41,43)(H4,37,38,39);2*1H/b9-7+;;/t27-,28+;;/m1../s1/i;;1+1. The van der Waals surface area contributed by atoms with Gasteiger partial charge in [-0.05, 0) is 59.4 Å². The van der Waals surface area contributed by atoms with Crippen molar-refractivity contribution in [2.45, 2.75) is 37.8 Å². The zero-order chi connectivity index (χ0) is 33.2. The van der Waals surface area contributed by atoms with Gasteiger partial charge in [0.25, 0.3) is 5.91 Å². The number of hydrogen-bond donors (Lipinski definition) is 5. The summed E-state index contributed by atoms with van der Waals surface area (Å²) >= 11 is 0. The Labute approximate surface area is 286 Å². The van der Waals surface area contributed by atoms with Crippen LogP contribution in [0, 0.1) is 0 Å². The summed E-state index contributed by atoms with van der Waals surface area (Å²) in [5.41, 5.74) is 12.6. The number of rotatable bonds is 6. The van der Waals surface area contributed by atoms with Crippen molar-refractivity contribution in [2.75, 3.05) is 26.9 Å². The Bertz CT molecular complexity index is 1830. The summed E-state index contributed by atoms with van der Waals surface area (Å²) in [4.78, 5) is 42.3. The summed E-state index contributed by atoms with van der Waals surface area (Å²) < 4.78 is 17.5. The molecule has 0 radical (unpaired) electrons. The van der Waals surface area contributed by atoms with Crippen LogP contribution in [-0.2, 0) is 19.1 Å². The molecule has 11 nitrogen and oxygen atoms in total. The van der Waals surface area contributed by atoms with Crippen molar-refractivity contribution in [1.82, 2.24) is 10.6 Å². The molecule has 0 fully saturated rings. The van der Waals surface area contributed by atoms with Gasteiger partial charge in [-0.25, -0.2) is 4.79 Å². The van der Waals surface area contributed by atoms with E-state index in [-0.39, 0.29) is 39.4 Å². The Kier molecular flexibility index (Phi) is 12.6. The molecule has 0 unspecified atom stereocenters. The van der Waals surface area contributed by atoms with E-state index >= 15 is 0 Å². The number of nitrogens with one attached hydrogen (secondary N) is 3. The summed E-state index contributed by atoms with van der Waals surface area (Å²) in [5.74, 6) is -0.372. The predicted octanol–water partition coefficient (Wildman–Crippen LogP) is -0.706. The third-order valence-electron chi connectivity index (χ3n) is 7.97. The molecule has 0 spiro atoms. The molecular weight excluding hydrogens is 634 g/mol. The first-order chi connectivity index (χ1) is 22.9. The lowest BCUT2D eigenvalue weighted by molar-refractivity contribution is -0.459. The molecule has 7 N–H and O–H groups in total. The fourth-order valence-electron chi connectivity index (χ4n) is 5.68. The number of nitrogens with two attached hydrogens (primary N) is 2. The lowest BCUT2D eigenvalue weighted by Crippen LogP contribution is -3.00. The predicted molar refractivity (Wildman–Crippen MR) is 183 cm³/mol. The third-order valence-corrected chi connectivity index (χ3v) is 7.97. The molecule has 1 aliphatic rings. The number of carbonyl (C=O) groups is 3. The third kappa shape index (κ3) is 8.74. The highest BCUT2D eigenvalue weighted by molar-refractivity contribution is 6.09. The number of carbonyl (C=O) groups excluding carboxylic acids is 3. The van der Waals surface area contributed by atoms with Crippen LogP contribution in [0.4, 0.5) is 0 Å². The van der Waals surface area contributed by atoms with Crippen molar-refractivity contribution in [3.8, 4) is 22.6 Å². The second-order valence-electron chi connectivity index (χ2n) is 11.2. The Morgan fingerprint density at radius 1 is 0.875 bits per heavy atom. The van der Waals surface area contributed by atoms with Crippen molar-refractivity contribution in [2.24, 2.45) is 11.5 Å². The molecular formula is C36H42ClN5O6. The van der Waals surface area contributed by atoms with Crippen LogP contribution >= 0.6 is 0 Å². The molecule has 0 saturated heterocycles. The number of hydrogen-bond acceptors (Lipinski definition) is 6. The van der Waals surface area contributed by atoms with Gasteiger partial charge in [0.05, 0.1) is 13.7 Å². The smallest absolute Gasteiger partial charge is 0.338 e. The normalized spacial score (nSPS) is 17.5. The second kappa shape index (κ2) is 17.0. The van der Waals surface area contributed by atoms with Crippen molar-refractivity contribution in [3.63, 3.8) is 0 Å². The number of methoxy groups -OCH3 is 1. The molecule has 0 bridgehead atoms. The molecule has 254 valence electrons. The second-order valence-corrected chi connectivity index (χ2v) is 11.2. The first kappa shape index (κ1) is 35.6. The quantitative estimate of drug-likeness (QED) is 0.0587. The SMILES string of the molecule is COC(=O)[C@@H]1C/C=C/COc2ccc3ccccc3c2-c2c(ccc3ccccc23)OCC(=O)N[C@H](CCCC[NH+]=C(N)N)C(=O)N1.[2HH].[Cl-]. The molecule has 2 amide bonds. The van der Waals surface area contributed by atoms with E-state index < -0.39 is 29.9 Å². The van der Waals surface area contributed by atoms with Gasteiger partial charge in [-0.2, -0.15) is 0 Å². The zero-order valence-electron chi connectivity index (χ0n) is 26.7. The van der Waals surface area contributed by atoms with Gasteiger partial charge >= 0.3 is 11.9 Å². The molecule has 1 aliphatic heterocycles. The number of esters is 1. The van der Waals surface area contributed by atoms with E-state index in [9.17, 15) is 14.4 Å². The van der Waals surface area contributed by atoms with Crippen LogP contribution < -0.4 is 49.0 Å². The lowest BCUT2D eigenvalue weighted by Gasteiger charge is -2.22. The number of ether oxygens (including phenoxy) is 3. The maximum absolute atomic E-state index is 13.4. The van der Waals surface area contributed by atoms with Gasteiger partial charge in [0.2, 0.25) is 5.91 Å².